The van der Waals surface area contributed by atoms with E-state index in [0.717, 1.165) is 61.3 Å². The molecule has 0 unspecified atom stereocenters. The van der Waals surface area contributed by atoms with Gasteiger partial charge in [0.2, 0.25) is 0 Å². The number of para-hydroxylation sites is 2. The molecule has 2 nitrogen and oxygen atoms in total. The SMILES string of the molecule is BC(B)(B)C1(c2ccc(-c3cccc4c3oc3c(-c5ccc(N(c6ccc(-c7ccccc7)cc6)c6ccc(-c7ccccc7)cc6)cc5)cccc34)cc2)c2ccccc2-c2ccccc21. The smallest absolute Gasteiger partial charge is 0.143 e. The first kappa shape index (κ1) is 40.5. The molecule has 1 heterocycles. The molecule has 0 saturated carbocycles. The summed E-state index contributed by atoms with van der Waals surface area (Å²) in [7, 11) is 7.14. The Morgan fingerprint density at radius 1 is 0.313 bits per heavy atom. The van der Waals surface area contributed by atoms with Crippen molar-refractivity contribution >= 4 is 62.5 Å². The van der Waals surface area contributed by atoms with Crippen molar-refractivity contribution in [3.8, 4) is 55.6 Å². The lowest BCUT2D eigenvalue weighted by Gasteiger charge is -2.45. The van der Waals surface area contributed by atoms with Crippen molar-refractivity contribution in [1.29, 1.82) is 0 Å². The number of benzene rings is 10. The first-order valence-corrected chi connectivity index (χ1v) is 23.3. The fourth-order valence-electron chi connectivity index (χ4n) is 11.1. The molecule has 0 radical (unpaired) electrons. The molecule has 0 spiro atoms. The average Bonchev–Trinajstić information content (AvgIpc) is 3.92. The molecule has 0 bridgehead atoms. The molecule has 0 amide bonds. The number of fused-ring (bicyclic) bond motifs is 6. The normalized spacial score (nSPS) is 12.8. The van der Waals surface area contributed by atoms with E-state index < -0.39 is 0 Å². The summed E-state index contributed by atoms with van der Waals surface area (Å²) in [5, 5.41) is 2.13. The van der Waals surface area contributed by atoms with Crippen molar-refractivity contribution in [2.45, 2.75) is 10.5 Å². The van der Waals surface area contributed by atoms with Crippen LogP contribution in [0.1, 0.15) is 16.7 Å². The largest absolute Gasteiger partial charge is 0.455 e. The Morgan fingerprint density at radius 2 is 0.657 bits per heavy atom. The third-order valence-corrected chi connectivity index (χ3v) is 14.1. The van der Waals surface area contributed by atoms with Gasteiger partial charge < -0.3 is 9.32 Å². The van der Waals surface area contributed by atoms with Gasteiger partial charge in [0.05, 0.1) is 23.5 Å². The fraction of sp³-hybridized carbons (Fsp3) is 0.0323. The summed E-state index contributed by atoms with van der Waals surface area (Å²) in [6.07, 6.45) is 0. The number of nitrogens with zero attached hydrogens (tertiary/aromatic N) is 1. The zero-order valence-electron chi connectivity index (χ0n) is 37.9. The maximum atomic E-state index is 7.02. The second-order valence-corrected chi connectivity index (χ2v) is 18.8. The lowest BCUT2D eigenvalue weighted by atomic mass is 9.30. The van der Waals surface area contributed by atoms with Crippen LogP contribution in [0, 0.1) is 0 Å². The van der Waals surface area contributed by atoms with Gasteiger partial charge in [-0.1, -0.05) is 211 Å². The summed E-state index contributed by atoms with van der Waals surface area (Å²) in [6, 6.07) is 88.1. The van der Waals surface area contributed by atoms with Crippen molar-refractivity contribution in [3.63, 3.8) is 0 Å². The van der Waals surface area contributed by atoms with E-state index in [1.54, 1.807) is 0 Å². The number of hydrogen-bond acceptors (Lipinski definition) is 2. The van der Waals surface area contributed by atoms with E-state index in [1.807, 2.05) is 0 Å². The minimum Gasteiger partial charge on any atom is -0.455 e. The molecule has 1 aliphatic carbocycles. The highest BCUT2D eigenvalue weighted by molar-refractivity contribution is 6.60. The first-order chi connectivity index (χ1) is 32.9. The lowest BCUT2D eigenvalue weighted by Crippen LogP contribution is -2.42. The van der Waals surface area contributed by atoms with Crippen molar-refractivity contribution in [3.05, 3.63) is 259 Å². The fourth-order valence-corrected chi connectivity index (χ4v) is 11.1. The second-order valence-electron chi connectivity index (χ2n) is 18.8. The molecule has 0 aliphatic heterocycles. The van der Waals surface area contributed by atoms with Crippen LogP contribution in [-0.4, -0.2) is 23.5 Å². The molecule has 5 heteroatoms. The topological polar surface area (TPSA) is 16.4 Å². The van der Waals surface area contributed by atoms with E-state index >= 15 is 0 Å². The van der Waals surface area contributed by atoms with Gasteiger partial charge in [-0.05, 0) is 97.6 Å². The molecule has 0 fully saturated rings. The van der Waals surface area contributed by atoms with Crippen LogP contribution in [0.15, 0.2) is 247 Å². The number of anilines is 3. The Bertz CT molecular complexity index is 3450. The maximum absolute atomic E-state index is 7.02. The number of furan rings is 1. The standard InChI is InChI=1S/C62H46B3NO/c63-62(64,65)61(57-23-9-7-17-53(57)54-18-8-10-24-58(54)61)47-33-25-45(26-34-47)51-19-11-21-55-56-22-12-20-52(60(56)67-59(51)55)46-31-39-50(40-32-46)66(48-35-27-43(28-36-48)41-13-3-1-4-14-41)49-37-29-44(30-38-49)42-15-5-2-6-16-42/h1-40H,63-65H2. The number of hydrogen-bond donors (Lipinski definition) is 0. The average molecular weight is 853 g/mol. The molecule has 314 valence electrons. The van der Waals surface area contributed by atoms with Crippen LogP contribution < -0.4 is 4.90 Å². The minimum atomic E-state index is -0.300. The Morgan fingerprint density at radius 3 is 1.07 bits per heavy atom. The van der Waals surface area contributed by atoms with Crippen LogP contribution in [0.5, 0.6) is 0 Å². The third kappa shape index (κ3) is 6.68. The van der Waals surface area contributed by atoms with Gasteiger partial charge in [0, 0.05) is 44.4 Å². The van der Waals surface area contributed by atoms with Gasteiger partial charge >= 0.3 is 0 Å². The Kier molecular flexibility index (Phi) is 9.76. The van der Waals surface area contributed by atoms with E-state index in [2.05, 4.69) is 271 Å². The Labute approximate surface area is 395 Å². The zero-order valence-corrected chi connectivity index (χ0v) is 37.9. The van der Waals surface area contributed by atoms with Gasteiger partial charge in [0.1, 0.15) is 11.2 Å². The Hall–Kier alpha value is -8.01. The van der Waals surface area contributed by atoms with Crippen molar-refractivity contribution in [2.75, 3.05) is 4.90 Å². The van der Waals surface area contributed by atoms with E-state index in [9.17, 15) is 0 Å². The highest BCUT2D eigenvalue weighted by Gasteiger charge is 2.51. The molecule has 0 N–H and O–H groups in total. The Balaban J connectivity index is 0.909. The van der Waals surface area contributed by atoms with Gasteiger partial charge in [-0.2, -0.15) is 0 Å². The predicted molar refractivity (Wildman–Crippen MR) is 290 cm³/mol. The molecule has 1 aromatic heterocycles. The van der Waals surface area contributed by atoms with Gasteiger partial charge in [-0.3, -0.25) is 0 Å². The van der Waals surface area contributed by atoms with Crippen LogP contribution in [0.4, 0.5) is 17.1 Å². The summed E-state index contributed by atoms with van der Waals surface area (Å²) in [4.78, 5) is 2.33. The highest BCUT2D eigenvalue weighted by Crippen LogP contribution is 2.60. The van der Waals surface area contributed by atoms with Gasteiger partial charge in [-0.25, -0.2) is 0 Å². The molecule has 0 saturated heterocycles. The molecular formula is C62H46B3NO. The monoisotopic (exact) mass is 853 g/mol. The van der Waals surface area contributed by atoms with Gasteiger partial charge in [0.25, 0.3) is 0 Å². The van der Waals surface area contributed by atoms with E-state index in [-0.39, 0.29) is 10.5 Å². The predicted octanol–water partition coefficient (Wildman–Crippen LogP) is 14.0. The van der Waals surface area contributed by atoms with E-state index in [1.165, 1.54) is 50.1 Å². The minimum absolute atomic E-state index is 0.0921. The van der Waals surface area contributed by atoms with Crippen LogP contribution in [0.25, 0.3) is 77.6 Å². The molecule has 12 rings (SSSR count). The second kappa shape index (κ2) is 16.2. The zero-order chi connectivity index (χ0) is 45.1. The lowest BCUT2D eigenvalue weighted by molar-refractivity contribution is 0.640. The van der Waals surface area contributed by atoms with Crippen LogP contribution in [0.2, 0.25) is 5.11 Å². The molecule has 1 aliphatic rings. The quantitative estimate of drug-likeness (QED) is 0.135. The number of rotatable bonds is 9. The first-order valence-electron chi connectivity index (χ1n) is 23.3. The summed E-state index contributed by atoms with van der Waals surface area (Å²) < 4.78 is 7.02. The van der Waals surface area contributed by atoms with Crippen LogP contribution in [-0.2, 0) is 5.41 Å². The highest BCUT2D eigenvalue weighted by atomic mass is 16.3. The molecular weight excluding hydrogens is 807 g/mol. The molecule has 0 atom stereocenters. The third-order valence-electron chi connectivity index (χ3n) is 14.1. The van der Waals surface area contributed by atoms with E-state index in [0.29, 0.717) is 0 Å². The maximum Gasteiger partial charge on any atom is 0.143 e. The molecule has 11 aromatic rings. The van der Waals surface area contributed by atoms with Gasteiger partial charge in [-0.15, -0.1) is 0 Å². The van der Waals surface area contributed by atoms with Crippen molar-refractivity contribution < 1.29 is 4.42 Å². The summed E-state index contributed by atoms with van der Waals surface area (Å²) >= 11 is 0. The molecule has 10 aromatic carbocycles. The van der Waals surface area contributed by atoms with Crippen LogP contribution >= 0.6 is 0 Å². The van der Waals surface area contributed by atoms with Crippen molar-refractivity contribution in [2.24, 2.45) is 0 Å². The van der Waals surface area contributed by atoms with Crippen molar-refractivity contribution in [1.82, 2.24) is 0 Å². The summed E-state index contributed by atoms with van der Waals surface area (Å²) in [6.45, 7) is 0. The summed E-state index contributed by atoms with van der Waals surface area (Å²) in [5.41, 5.74) is 20.6. The van der Waals surface area contributed by atoms with E-state index in [4.69, 9.17) is 4.42 Å². The molecule has 67 heavy (non-hydrogen) atoms. The van der Waals surface area contributed by atoms with Crippen LogP contribution in [0.3, 0.4) is 0 Å². The van der Waals surface area contributed by atoms with Gasteiger partial charge in [0.15, 0.2) is 0 Å². The summed E-state index contributed by atoms with van der Waals surface area (Å²) in [5.74, 6) is 0.